The fourth-order valence-corrected chi connectivity index (χ4v) is 3.51. The number of nitrogens with zero attached hydrogens (tertiary/aromatic N) is 1. The van der Waals surface area contributed by atoms with E-state index in [4.69, 9.17) is 27.9 Å². The van der Waals surface area contributed by atoms with Gasteiger partial charge in [0.25, 0.3) is 12.3 Å². The molecule has 1 fully saturated rings. The summed E-state index contributed by atoms with van der Waals surface area (Å²) in [6.07, 6.45) is -3.90. The van der Waals surface area contributed by atoms with Crippen molar-refractivity contribution < 1.29 is 27.8 Å². The van der Waals surface area contributed by atoms with Gasteiger partial charge in [-0.1, -0.05) is 42.1 Å². The van der Waals surface area contributed by atoms with Crippen LogP contribution in [-0.2, 0) is 0 Å². The molecule has 0 bridgehead atoms. The van der Waals surface area contributed by atoms with Gasteiger partial charge in [0, 0.05) is 5.56 Å². The third kappa shape index (κ3) is 5.36. The number of aliphatic hydroxyl groups excluding tert-OH is 1. The number of aromatic nitrogens is 1. The van der Waals surface area contributed by atoms with Crippen LogP contribution in [0.4, 0.5) is 13.2 Å². The van der Waals surface area contributed by atoms with E-state index in [0.29, 0.717) is 18.4 Å². The average molecular weight is 463 g/mol. The molecule has 162 valence electrons. The number of rotatable bonds is 6. The third-order valence-electron chi connectivity index (χ3n) is 4.77. The minimum Gasteiger partial charge on any atom is -0.452 e. The molecule has 1 amide bonds. The quantitative estimate of drug-likeness (QED) is 0.631. The Labute approximate surface area is 181 Å². The lowest BCUT2D eigenvalue weighted by molar-refractivity contribution is -0.0667. The van der Waals surface area contributed by atoms with E-state index in [-0.39, 0.29) is 27.2 Å². The summed E-state index contributed by atoms with van der Waals surface area (Å²) in [5.74, 6) is -0.838. The maximum atomic E-state index is 13.5. The van der Waals surface area contributed by atoms with E-state index < -0.39 is 30.8 Å². The molecular formula is C20H19Cl2F3N2O3. The van der Waals surface area contributed by atoms with Gasteiger partial charge < -0.3 is 15.2 Å². The molecule has 30 heavy (non-hydrogen) atoms. The van der Waals surface area contributed by atoms with Gasteiger partial charge in [-0.15, -0.1) is 0 Å². The average Bonchev–Trinajstić information content (AvgIpc) is 2.72. The molecule has 2 N–H and O–H groups in total. The summed E-state index contributed by atoms with van der Waals surface area (Å²) in [5.41, 5.74) is 0.204. The highest BCUT2D eigenvalue weighted by molar-refractivity contribution is 6.42. The first-order chi connectivity index (χ1) is 14.3. The Morgan fingerprint density at radius 3 is 2.53 bits per heavy atom. The van der Waals surface area contributed by atoms with Gasteiger partial charge in [-0.05, 0) is 37.1 Å². The molecule has 0 radical (unpaired) electrons. The smallest absolute Gasteiger partial charge is 0.304 e. The topological polar surface area (TPSA) is 71.5 Å². The maximum absolute atomic E-state index is 13.5. The van der Waals surface area contributed by atoms with Crippen molar-refractivity contribution in [1.29, 1.82) is 0 Å². The molecule has 10 heteroatoms. The molecule has 3 rings (SSSR count). The van der Waals surface area contributed by atoms with Crippen LogP contribution in [0.2, 0.25) is 10.0 Å². The molecule has 1 aromatic heterocycles. The molecule has 1 heterocycles. The number of carbonyl (C=O) groups excluding carboxylic acids is 1. The van der Waals surface area contributed by atoms with Crippen LogP contribution in [0.15, 0.2) is 30.3 Å². The number of nitrogens with one attached hydrogen (secondary N) is 1. The number of ether oxygens (including phenoxy) is 1. The second kappa shape index (κ2) is 9.85. The number of halogens is 5. The molecule has 0 aliphatic heterocycles. The van der Waals surface area contributed by atoms with Crippen molar-refractivity contribution in [2.45, 2.75) is 50.6 Å². The van der Waals surface area contributed by atoms with Crippen molar-refractivity contribution in [3.8, 4) is 17.0 Å². The second-order valence-electron chi connectivity index (χ2n) is 6.91. The van der Waals surface area contributed by atoms with Crippen LogP contribution in [0.1, 0.15) is 36.2 Å². The lowest BCUT2D eigenvalue weighted by Gasteiger charge is -2.28. The Kier molecular flexibility index (Phi) is 7.44. The summed E-state index contributed by atoms with van der Waals surface area (Å²) in [6.45, 7) is 0. The fraction of sp³-hybridized carbons (Fsp3) is 0.400. The van der Waals surface area contributed by atoms with Crippen molar-refractivity contribution in [1.82, 2.24) is 10.3 Å². The molecule has 1 unspecified atom stereocenters. The standard InChI is InChI=1S/C20H19Cl2F3N2O3/c21-11-6-5-10(9-12(11)22)17-16(30-19(25)18(23)24)8-7-14(26-17)20(29)27-13-3-1-2-4-15(13)28/h5-9,13,15,18-19,28H,1-4H2,(H,27,29)/t13-,15-,19?/m1/s1. The predicted octanol–water partition coefficient (Wildman–Crippen LogP) is 5.03. The Balaban J connectivity index is 1.93. The number of pyridine rings is 1. The van der Waals surface area contributed by atoms with Gasteiger partial charge in [0.1, 0.15) is 17.1 Å². The highest BCUT2D eigenvalue weighted by Crippen LogP contribution is 2.34. The minimum absolute atomic E-state index is 0.0475. The van der Waals surface area contributed by atoms with Crippen molar-refractivity contribution in [3.63, 3.8) is 0 Å². The van der Waals surface area contributed by atoms with Crippen LogP contribution < -0.4 is 10.1 Å². The lowest BCUT2D eigenvalue weighted by Crippen LogP contribution is -2.45. The van der Waals surface area contributed by atoms with Crippen LogP contribution in [0, 0.1) is 0 Å². The van der Waals surface area contributed by atoms with Crippen LogP contribution >= 0.6 is 23.2 Å². The van der Waals surface area contributed by atoms with Crippen LogP contribution in [0.5, 0.6) is 5.75 Å². The van der Waals surface area contributed by atoms with Crippen LogP contribution in [0.25, 0.3) is 11.3 Å². The van der Waals surface area contributed by atoms with Crippen molar-refractivity contribution >= 4 is 29.1 Å². The van der Waals surface area contributed by atoms with Gasteiger partial charge in [0.2, 0.25) is 0 Å². The van der Waals surface area contributed by atoms with Gasteiger partial charge in [-0.3, -0.25) is 4.79 Å². The van der Waals surface area contributed by atoms with Crippen LogP contribution in [0.3, 0.4) is 0 Å². The molecule has 1 aliphatic carbocycles. The van der Waals surface area contributed by atoms with E-state index >= 15 is 0 Å². The predicted molar refractivity (Wildman–Crippen MR) is 107 cm³/mol. The SMILES string of the molecule is O=C(N[C@@H]1CCCC[C@H]1O)c1ccc(OC(F)C(F)F)c(-c2ccc(Cl)c(Cl)c2)n1. The van der Waals surface area contributed by atoms with Gasteiger partial charge in [-0.2, -0.15) is 4.39 Å². The third-order valence-corrected chi connectivity index (χ3v) is 5.51. The van der Waals surface area contributed by atoms with E-state index in [1.807, 2.05) is 0 Å². The molecule has 5 nitrogen and oxygen atoms in total. The Hall–Kier alpha value is -2.03. The number of amides is 1. The van der Waals surface area contributed by atoms with Crippen molar-refractivity contribution in [2.75, 3.05) is 0 Å². The molecule has 1 aromatic carbocycles. The molecule has 0 spiro atoms. The van der Waals surface area contributed by atoms with E-state index in [9.17, 15) is 23.1 Å². The zero-order valence-corrected chi connectivity index (χ0v) is 17.1. The molecule has 2 aromatic rings. The van der Waals surface area contributed by atoms with E-state index in [2.05, 4.69) is 10.3 Å². The Bertz CT molecular complexity index is 917. The summed E-state index contributed by atoms with van der Waals surface area (Å²) in [7, 11) is 0. The van der Waals surface area contributed by atoms with E-state index in [1.165, 1.54) is 30.3 Å². The molecule has 1 aliphatic rings. The van der Waals surface area contributed by atoms with Gasteiger partial charge in [0.15, 0.2) is 0 Å². The number of hydrogen-bond acceptors (Lipinski definition) is 4. The normalized spacial score (nSPS) is 20.1. The number of benzene rings is 1. The highest BCUT2D eigenvalue weighted by atomic mass is 35.5. The van der Waals surface area contributed by atoms with Crippen molar-refractivity contribution in [3.05, 3.63) is 46.1 Å². The number of hydrogen-bond donors (Lipinski definition) is 2. The zero-order valence-electron chi connectivity index (χ0n) is 15.6. The molecule has 1 saturated carbocycles. The fourth-order valence-electron chi connectivity index (χ4n) is 3.21. The maximum Gasteiger partial charge on any atom is 0.304 e. The first-order valence-corrected chi connectivity index (χ1v) is 10.1. The molecule has 3 atom stereocenters. The Morgan fingerprint density at radius 1 is 1.13 bits per heavy atom. The Morgan fingerprint density at radius 2 is 1.87 bits per heavy atom. The largest absolute Gasteiger partial charge is 0.452 e. The highest BCUT2D eigenvalue weighted by Gasteiger charge is 2.27. The monoisotopic (exact) mass is 462 g/mol. The first kappa shape index (κ1) is 22.7. The van der Waals surface area contributed by atoms with E-state index in [0.717, 1.165) is 12.8 Å². The second-order valence-corrected chi connectivity index (χ2v) is 7.72. The summed E-state index contributed by atoms with van der Waals surface area (Å²) in [6, 6.07) is 6.36. The molecular weight excluding hydrogens is 444 g/mol. The van der Waals surface area contributed by atoms with E-state index in [1.54, 1.807) is 0 Å². The summed E-state index contributed by atoms with van der Waals surface area (Å²) in [5, 5.41) is 13.2. The van der Waals surface area contributed by atoms with Crippen molar-refractivity contribution in [2.24, 2.45) is 0 Å². The number of carbonyl (C=O) groups is 1. The number of alkyl halides is 3. The molecule has 0 saturated heterocycles. The summed E-state index contributed by atoms with van der Waals surface area (Å²) in [4.78, 5) is 16.8. The zero-order chi connectivity index (χ0) is 21.8. The minimum atomic E-state index is -3.36. The summed E-state index contributed by atoms with van der Waals surface area (Å²) < 4.78 is 43.5. The lowest BCUT2D eigenvalue weighted by atomic mass is 9.92. The van der Waals surface area contributed by atoms with Gasteiger partial charge in [0.05, 0.1) is 22.2 Å². The number of aliphatic hydroxyl groups is 1. The van der Waals surface area contributed by atoms with Gasteiger partial charge in [-0.25, -0.2) is 13.8 Å². The summed E-state index contributed by atoms with van der Waals surface area (Å²) >= 11 is 11.9. The van der Waals surface area contributed by atoms with Gasteiger partial charge >= 0.3 is 6.43 Å². The first-order valence-electron chi connectivity index (χ1n) is 9.30. The van der Waals surface area contributed by atoms with Crippen LogP contribution in [-0.4, -0.2) is 40.9 Å².